The summed E-state index contributed by atoms with van der Waals surface area (Å²) in [6.07, 6.45) is 1.60. The van der Waals surface area contributed by atoms with Gasteiger partial charge in [0.2, 0.25) is 0 Å². The van der Waals surface area contributed by atoms with Crippen LogP contribution in [0.25, 0.3) is 10.9 Å². The van der Waals surface area contributed by atoms with Crippen LogP contribution in [0.15, 0.2) is 36.5 Å². The van der Waals surface area contributed by atoms with Crippen LogP contribution in [-0.4, -0.2) is 17.7 Å². The summed E-state index contributed by atoms with van der Waals surface area (Å²) in [5.74, 6) is 0.584. The molecule has 0 aliphatic carbocycles. The molecule has 1 aromatic heterocycles. The number of fused-ring (bicyclic) bond motifs is 1. The molecule has 4 heteroatoms. The lowest BCUT2D eigenvalue weighted by Gasteiger charge is -2.02. The van der Waals surface area contributed by atoms with E-state index < -0.39 is 0 Å². The Hall–Kier alpha value is -1.55. The van der Waals surface area contributed by atoms with Crippen molar-refractivity contribution in [2.45, 2.75) is 0 Å². The molecule has 0 saturated carbocycles. The Bertz CT molecular complexity index is 419. The van der Waals surface area contributed by atoms with Gasteiger partial charge in [0.25, 0.3) is 0 Å². The Labute approximate surface area is 76.3 Å². The molecular formula is C9H8BNO2. The number of hydrogen-bond donors (Lipinski definition) is 1. The number of pyridine rings is 1. The van der Waals surface area contributed by atoms with Crippen molar-refractivity contribution in [2.24, 2.45) is 0 Å². The predicted octanol–water partition coefficient (Wildman–Crippen LogP) is 0.872. The molecule has 0 fully saturated rings. The molecule has 2 rings (SSSR count). The first-order chi connectivity index (χ1) is 6.40. The Morgan fingerprint density at radius 3 is 3.00 bits per heavy atom. The fraction of sp³-hybridized carbons (Fsp3) is 0. The van der Waals surface area contributed by atoms with Crippen LogP contribution in [0.4, 0.5) is 0 Å². The van der Waals surface area contributed by atoms with E-state index in [1.54, 1.807) is 6.20 Å². The first-order valence-electron chi connectivity index (χ1n) is 3.98. The van der Waals surface area contributed by atoms with Crippen LogP contribution < -0.4 is 4.65 Å². The van der Waals surface area contributed by atoms with Crippen molar-refractivity contribution in [1.29, 1.82) is 0 Å². The quantitative estimate of drug-likeness (QED) is 0.685. The van der Waals surface area contributed by atoms with E-state index in [9.17, 15) is 0 Å². The minimum atomic E-state index is -0.319. The summed E-state index contributed by atoms with van der Waals surface area (Å²) in [4.78, 5) is 4.16. The van der Waals surface area contributed by atoms with Gasteiger partial charge in [-0.1, -0.05) is 18.2 Å². The molecule has 0 aliphatic heterocycles. The van der Waals surface area contributed by atoms with Crippen molar-refractivity contribution in [2.75, 3.05) is 0 Å². The second-order valence-electron chi connectivity index (χ2n) is 2.64. The SMILES string of the molecule is OBOc1cnc2ccccc2c1. The second kappa shape index (κ2) is 3.45. The van der Waals surface area contributed by atoms with Gasteiger partial charge in [0, 0.05) is 5.39 Å². The van der Waals surface area contributed by atoms with Gasteiger partial charge in [-0.05, 0) is 12.1 Å². The van der Waals surface area contributed by atoms with Crippen LogP contribution in [0.5, 0.6) is 5.75 Å². The molecule has 1 heterocycles. The highest BCUT2D eigenvalue weighted by Crippen LogP contribution is 2.16. The Morgan fingerprint density at radius 2 is 2.15 bits per heavy atom. The highest BCUT2D eigenvalue weighted by Gasteiger charge is 1.96. The zero-order chi connectivity index (χ0) is 9.10. The third-order valence-electron chi connectivity index (χ3n) is 1.80. The lowest BCUT2D eigenvalue weighted by Crippen LogP contribution is -1.99. The van der Waals surface area contributed by atoms with Crippen molar-refractivity contribution in [1.82, 2.24) is 4.98 Å². The van der Waals surface area contributed by atoms with Gasteiger partial charge in [-0.15, -0.1) is 0 Å². The van der Waals surface area contributed by atoms with Gasteiger partial charge in [0.1, 0.15) is 5.75 Å². The van der Waals surface area contributed by atoms with Gasteiger partial charge in [-0.3, -0.25) is 4.98 Å². The molecule has 0 saturated heterocycles. The summed E-state index contributed by atoms with van der Waals surface area (Å²) >= 11 is 0. The molecule has 1 aromatic carbocycles. The molecule has 0 bridgehead atoms. The lowest BCUT2D eigenvalue weighted by molar-refractivity contribution is 0.453. The van der Waals surface area contributed by atoms with Crippen molar-refractivity contribution in [3.05, 3.63) is 36.5 Å². The summed E-state index contributed by atoms with van der Waals surface area (Å²) < 4.78 is 4.91. The Balaban J connectivity index is 2.49. The molecule has 0 unspecified atom stereocenters. The van der Waals surface area contributed by atoms with E-state index in [0.29, 0.717) is 5.75 Å². The molecule has 0 atom stereocenters. The average molecular weight is 173 g/mol. The standard InChI is InChI=1S/C9H8BNO2/c12-10-13-8-5-7-3-1-2-4-9(7)11-6-8/h1-6,10,12H. The first-order valence-corrected chi connectivity index (χ1v) is 3.98. The normalized spacial score (nSPS) is 9.92. The molecule has 2 aromatic rings. The topological polar surface area (TPSA) is 42.4 Å². The van der Waals surface area contributed by atoms with E-state index in [1.165, 1.54) is 0 Å². The highest BCUT2D eigenvalue weighted by molar-refractivity contribution is 6.17. The summed E-state index contributed by atoms with van der Waals surface area (Å²) in [7, 11) is -0.319. The number of aromatic nitrogens is 1. The van der Waals surface area contributed by atoms with Crippen LogP contribution >= 0.6 is 0 Å². The molecule has 3 nitrogen and oxygen atoms in total. The smallest absolute Gasteiger partial charge is 0.504 e. The third-order valence-corrected chi connectivity index (χ3v) is 1.80. The van der Waals surface area contributed by atoms with Gasteiger partial charge in [0.05, 0.1) is 11.7 Å². The average Bonchev–Trinajstić information content (AvgIpc) is 2.18. The monoisotopic (exact) mass is 173 g/mol. The molecule has 1 N–H and O–H groups in total. The Kier molecular flexibility index (Phi) is 2.14. The molecule has 0 aliphatic rings. The van der Waals surface area contributed by atoms with Gasteiger partial charge in [-0.25, -0.2) is 0 Å². The van der Waals surface area contributed by atoms with Crippen LogP contribution in [0.1, 0.15) is 0 Å². The minimum Gasteiger partial charge on any atom is -0.538 e. The van der Waals surface area contributed by atoms with E-state index >= 15 is 0 Å². The zero-order valence-electron chi connectivity index (χ0n) is 6.97. The number of nitrogens with zero attached hydrogens (tertiary/aromatic N) is 1. The van der Waals surface area contributed by atoms with Crippen molar-refractivity contribution < 1.29 is 9.68 Å². The molecular weight excluding hydrogens is 165 g/mol. The van der Waals surface area contributed by atoms with Gasteiger partial charge >= 0.3 is 7.69 Å². The fourth-order valence-electron chi connectivity index (χ4n) is 1.20. The molecule has 0 radical (unpaired) electrons. The van der Waals surface area contributed by atoms with Crippen LogP contribution in [0, 0.1) is 0 Å². The van der Waals surface area contributed by atoms with Gasteiger partial charge in [0.15, 0.2) is 0 Å². The summed E-state index contributed by atoms with van der Waals surface area (Å²) in [6.45, 7) is 0. The maximum atomic E-state index is 8.54. The van der Waals surface area contributed by atoms with Crippen LogP contribution in [0.2, 0.25) is 0 Å². The zero-order valence-corrected chi connectivity index (χ0v) is 6.97. The van der Waals surface area contributed by atoms with E-state index in [1.807, 2.05) is 30.3 Å². The van der Waals surface area contributed by atoms with Crippen LogP contribution in [-0.2, 0) is 0 Å². The number of benzene rings is 1. The van der Waals surface area contributed by atoms with E-state index in [0.717, 1.165) is 10.9 Å². The third kappa shape index (κ3) is 1.62. The van der Waals surface area contributed by atoms with Crippen molar-refractivity contribution in [3.8, 4) is 5.75 Å². The lowest BCUT2D eigenvalue weighted by atomic mass is 10.2. The minimum absolute atomic E-state index is 0.319. The maximum Gasteiger partial charge on any atom is 0.504 e. The van der Waals surface area contributed by atoms with E-state index in [4.69, 9.17) is 9.68 Å². The fourth-order valence-corrected chi connectivity index (χ4v) is 1.20. The largest absolute Gasteiger partial charge is 0.538 e. The van der Waals surface area contributed by atoms with Crippen molar-refractivity contribution >= 4 is 18.6 Å². The van der Waals surface area contributed by atoms with E-state index in [-0.39, 0.29) is 7.69 Å². The molecule has 13 heavy (non-hydrogen) atoms. The second-order valence-corrected chi connectivity index (χ2v) is 2.64. The van der Waals surface area contributed by atoms with Crippen LogP contribution in [0.3, 0.4) is 0 Å². The molecule has 0 spiro atoms. The summed E-state index contributed by atoms with van der Waals surface area (Å²) in [5, 5.41) is 9.55. The summed E-state index contributed by atoms with van der Waals surface area (Å²) in [6, 6.07) is 9.60. The van der Waals surface area contributed by atoms with E-state index in [2.05, 4.69) is 4.98 Å². The van der Waals surface area contributed by atoms with Gasteiger partial charge in [-0.2, -0.15) is 0 Å². The predicted molar refractivity (Wildman–Crippen MR) is 51.7 cm³/mol. The molecule has 0 amide bonds. The number of para-hydroxylation sites is 1. The Morgan fingerprint density at radius 1 is 1.31 bits per heavy atom. The number of hydrogen-bond acceptors (Lipinski definition) is 3. The highest BCUT2D eigenvalue weighted by atomic mass is 16.5. The maximum absolute atomic E-state index is 8.54. The van der Waals surface area contributed by atoms with Gasteiger partial charge < -0.3 is 9.68 Å². The number of rotatable bonds is 2. The van der Waals surface area contributed by atoms with Crippen molar-refractivity contribution in [3.63, 3.8) is 0 Å². The summed E-state index contributed by atoms with van der Waals surface area (Å²) in [5.41, 5.74) is 0.924. The molecule has 64 valence electrons. The first kappa shape index (κ1) is 8.07.